The van der Waals surface area contributed by atoms with Gasteiger partial charge in [-0.3, -0.25) is 13.8 Å². The first-order valence-corrected chi connectivity index (χ1v) is 24.9. The van der Waals surface area contributed by atoms with Crippen molar-refractivity contribution >= 4 is 13.7 Å². The van der Waals surface area contributed by atoms with Gasteiger partial charge in [-0.2, -0.15) is 0 Å². The molecule has 9 heteroatoms. The normalized spacial score (nSPS) is 14.9. The first-order chi connectivity index (χ1) is 28.9. The number of carbonyl (C=O) groups is 1. The Hall–Kier alpha value is -2.58. The highest BCUT2D eigenvalue weighted by atomic mass is 31.2. The van der Waals surface area contributed by atoms with E-state index in [1.165, 1.54) is 77.0 Å². The van der Waals surface area contributed by atoms with Crippen LogP contribution < -0.4 is 11.1 Å². The third-order valence-electron chi connectivity index (χ3n) is 9.62. The summed E-state index contributed by atoms with van der Waals surface area (Å²) in [7, 11) is -4.37. The molecule has 0 aliphatic rings. The van der Waals surface area contributed by atoms with Gasteiger partial charge < -0.3 is 21.1 Å². The summed E-state index contributed by atoms with van der Waals surface area (Å²) in [5, 5.41) is 13.7. The van der Waals surface area contributed by atoms with Gasteiger partial charge in [0.1, 0.15) is 0 Å². The quantitative estimate of drug-likeness (QED) is 0.0273. The molecule has 5 N–H and O–H groups in total. The molecule has 0 saturated heterocycles. The zero-order valence-electron chi connectivity index (χ0n) is 37.5. The van der Waals surface area contributed by atoms with Crippen LogP contribution in [0.1, 0.15) is 181 Å². The van der Waals surface area contributed by atoms with Crippen molar-refractivity contribution in [1.82, 2.24) is 5.32 Å². The zero-order chi connectivity index (χ0) is 43.2. The maximum Gasteiger partial charge on any atom is 0.472 e. The Balaban J connectivity index is 4.34. The number of nitrogens with one attached hydrogen (secondary N) is 1. The fourth-order valence-electron chi connectivity index (χ4n) is 6.13. The molecular weight excluding hydrogens is 756 g/mol. The lowest BCUT2D eigenvalue weighted by molar-refractivity contribution is -0.123. The summed E-state index contributed by atoms with van der Waals surface area (Å²) in [4.78, 5) is 22.7. The van der Waals surface area contributed by atoms with Gasteiger partial charge in [0.05, 0.1) is 25.4 Å². The van der Waals surface area contributed by atoms with Gasteiger partial charge >= 0.3 is 7.82 Å². The van der Waals surface area contributed by atoms with Gasteiger partial charge in [0.2, 0.25) is 5.91 Å². The number of carbonyl (C=O) groups excluding carboxylic acids is 1. The number of rotatable bonds is 42. The van der Waals surface area contributed by atoms with Crippen molar-refractivity contribution in [1.29, 1.82) is 0 Å². The number of phosphoric acid groups is 1. The number of hydrogen-bond acceptors (Lipinski definition) is 6. The molecule has 0 aromatic rings. The average molecular weight is 843 g/mol. The Kier molecular flexibility index (Phi) is 43.0. The van der Waals surface area contributed by atoms with Crippen molar-refractivity contribution in [3.8, 4) is 0 Å². The van der Waals surface area contributed by atoms with E-state index in [1.54, 1.807) is 6.08 Å². The number of aliphatic hydroxyl groups excluding tert-OH is 1. The van der Waals surface area contributed by atoms with Gasteiger partial charge in [0.15, 0.2) is 0 Å². The van der Waals surface area contributed by atoms with E-state index < -0.39 is 20.0 Å². The van der Waals surface area contributed by atoms with Crippen molar-refractivity contribution < 1.29 is 28.4 Å². The predicted octanol–water partition coefficient (Wildman–Crippen LogP) is 13.6. The van der Waals surface area contributed by atoms with Gasteiger partial charge in [0.25, 0.3) is 0 Å². The molecule has 0 aliphatic carbocycles. The van der Waals surface area contributed by atoms with Crippen LogP contribution in [0.15, 0.2) is 97.2 Å². The fraction of sp³-hybridized carbons (Fsp3) is 0.660. The minimum atomic E-state index is -4.37. The summed E-state index contributed by atoms with van der Waals surface area (Å²) in [6, 6.07) is -0.908. The van der Waals surface area contributed by atoms with Gasteiger partial charge in [0, 0.05) is 13.0 Å². The monoisotopic (exact) mass is 843 g/mol. The molecule has 0 aromatic carbocycles. The molecule has 59 heavy (non-hydrogen) atoms. The van der Waals surface area contributed by atoms with Crippen LogP contribution in [0.3, 0.4) is 0 Å². The second-order valence-electron chi connectivity index (χ2n) is 15.2. The van der Waals surface area contributed by atoms with Crippen LogP contribution in [0.2, 0.25) is 0 Å². The number of allylic oxidation sites excluding steroid dienone is 15. The van der Waals surface area contributed by atoms with E-state index in [1.807, 2.05) is 6.08 Å². The molecule has 0 radical (unpaired) electrons. The molecule has 0 heterocycles. The molecule has 338 valence electrons. The number of hydrogen-bond donors (Lipinski definition) is 4. The van der Waals surface area contributed by atoms with Crippen LogP contribution in [0.4, 0.5) is 0 Å². The van der Waals surface area contributed by atoms with E-state index in [0.717, 1.165) is 77.0 Å². The molecule has 1 amide bonds. The molecule has 0 rings (SSSR count). The largest absolute Gasteiger partial charge is 0.472 e. The maximum atomic E-state index is 12.8. The van der Waals surface area contributed by atoms with Gasteiger partial charge in [-0.25, -0.2) is 4.57 Å². The minimum absolute atomic E-state index is 0.0607. The van der Waals surface area contributed by atoms with E-state index in [9.17, 15) is 19.4 Å². The lowest BCUT2D eigenvalue weighted by Gasteiger charge is -2.23. The first kappa shape index (κ1) is 56.4. The number of aliphatic hydroxyl groups is 1. The number of nitrogens with two attached hydrogens (primary N) is 1. The molecule has 0 saturated carbocycles. The molecule has 0 aromatic heterocycles. The Morgan fingerprint density at radius 1 is 0.576 bits per heavy atom. The standard InChI is InChI=1S/C50H87N2O6P/c1-3-5-7-9-11-13-15-17-19-21-23-24-26-27-29-31-33-35-37-39-41-43-49(53)48(47-58-59(55,56)57-46-45-51)52-50(54)44-42-40-38-36-34-32-30-28-25-22-20-18-16-14-12-10-8-6-4-2/h6,8,12,14,18,20,25-28,32-35,41,43,48-49,53H,3-5,7,9-11,13,15-17,19,21-24,29-31,36-40,42,44-47,51H2,1-2H3,(H,52,54)(H,55,56)/b8-6-,14-12-,20-18-,27-26+,28-25-,34-32-,35-33+,43-41+. The molecule has 3 atom stereocenters. The van der Waals surface area contributed by atoms with E-state index in [-0.39, 0.29) is 25.7 Å². The smallest absolute Gasteiger partial charge is 0.387 e. The van der Waals surface area contributed by atoms with Crippen LogP contribution in [0.5, 0.6) is 0 Å². The molecule has 3 unspecified atom stereocenters. The van der Waals surface area contributed by atoms with Crippen molar-refractivity contribution in [3.63, 3.8) is 0 Å². The second-order valence-corrected chi connectivity index (χ2v) is 16.7. The first-order valence-electron chi connectivity index (χ1n) is 23.4. The van der Waals surface area contributed by atoms with E-state index >= 15 is 0 Å². The molecule has 8 nitrogen and oxygen atoms in total. The van der Waals surface area contributed by atoms with Crippen LogP contribution in [-0.4, -0.2) is 47.8 Å². The highest BCUT2D eigenvalue weighted by Crippen LogP contribution is 2.43. The number of amides is 1. The van der Waals surface area contributed by atoms with Crippen molar-refractivity contribution in [2.75, 3.05) is 19.8 Å². The Bertz CT molecular complexity index is 1240. The van der Waals surface area contributed by atoms with Crippen LogP contribution in [0.25, 0.3) is 0 Å². The molecule has 0 aliphatic heterocycles. The second kappa shape index (κ2) is 45.0. The highest BCUT2D eigenvalue weighted by Gasteiger charge is 2.26. The van der Waals surface area contributed by atoms with Crippen molar-refractivity contribution in [2.24, 2.45) is 5.73 Å². The summed E-state index contributed by atoms with van der Waals surface area (Å²) < 4.78 is 22.1. The summed E-state index contributed by atoms with van der Waals surface area (Å²) in [6.07, 6.45) is 61.8. The Morgan fingerprint density at radius 2 is 1.00 bits per heavy atom. The summed E-state index contributed by atoms with van der Waals surface area (Å²) in [5.41, 5.74) is 5.38. The third kappa shape index (κ3) is 43.3. The molecule has 0 bridgehead atoms. The van der Waals surface area contributed by atoms with E-state index in [0.29, 0.717) is 12.8 Å². The molecule has 0 fully saturated rings. The average Bonchev–Trinajstić information content (AvgIpc) is 3.22. The lowest BCUT2D eigenvalue weighted by atomic mass is 10.1. The summed E-state index contributed by atoms with van der Waals surface area (Å²) in [5.74, 6) is -0.243. The number of unbranched alkanes of at least 4 members (excludes halogenated alkanes) is 16. The topological polar surface area (TPSA) is 131 Å². The third-order valence-corrected chi connectivity index (χ3v) is 10.6. The summed E-state index contributed by atoms with van der Waals surface area (Å²) >= 11 is 0. The van der Waals surface area contributed by atoms with Gasteiger partial charge in [-0.05, 0) is 89.9 Å². The Morgan fingerprint density at radius 3 is 1.51 bits per heavy atom. The van der Waals surface area contributed by atoms with Crippen LogP contribution in [-0.2, 0) is 18.4 Å². The maximum absolute atomic E-state index is 12.8. The summed E-state index contributed by atoms with van der Waals surface area (Å²) in [6.45, 7) is 3.95. The number of phosphoric ester groups is 1. The van der Waals surface area contributed by atoms with Crippen LogP contribution >= 0.6 is 7.82 Å². The van der Waals surface area contributed by atoms with Crippen LogP contribution in [0, 0.1) is 0 Å². The SMILES string of the molecule is CC/C=C\C/C=C\C/C=C\C/C=C\C/C=C\CCCCCC(=O)NC(COP(=O)(O)OCCN)C(O)/C=C/CC/C=C/CC/C=C/CCCCCCCCCCCCC. The molecule has 0 spiro atoms. The van der Waals surface area contributed by atoms with E-state index in [4.69, 9.17) is 14.8 Å². The van der Waals surface area contributed by atoms with Crippen molar-refractivity contribution in [3.05, 3.63) is 97.2 Å². The zero-order valence-corrected chi connectivity index (χ0v) is 38.3. The van der Waals surface area contributed by atoms with Crippen molar-refractivity contribution in [2.45, 2.75) is 193 Å². The predicted molar refractivity (Wildman–Crippen MR) is 253 cm³/mol. The fourth-order valence-corrected chi connectivity index (χ4v) is 6.89. The lowest BCUT2D eigenvalue weighted by Crippen LogP contribution is -2.45. The Labute approximate surface area is 362 Å². The highest BCUT2D eigenvalue weighted by molar-refractivity contribution is 7.47. The van der Waals surface area contributed by atoms with Gasteiger partial charge in [-0.15, -0.1) is 0 Å². The van der Waals surface area contributed by atoms with E-state index in [2.05, 4.69) is 104 Å². The molecular formula is C50H87N2O6P. The minimum Gasteiger partial charge on any atom is -0.387 e. The van der Waals surface area contributed by atoms with Gasteiger partial charge in [-0.1, -0.05) is 182 Å².